The van der Waals surface area contributed by atoms with E-state index in [2.05, 4.69) is 6.92 Å². The summed E-state index contributed by atoms with van der Waals surface area (Å²) in [5.41, 5.74) is -0.400. The molecule has 1 fully saturated rings. The van der Waals surface area contributed by atoms with Crippen LogP contribution in [0.3, 0.4) is 0 Å². The first-order valence-corrected chi connectivity index (χ1v) is 6.31. The van der Waals surface area contributed by atoms with Crippen molar-refractivity contribution < 1.29 is 9.53 Å². The fraction of sp³-hybridized carbons (Fsp3) is 0.923. The molecule has 0 radical (unpaired) electrons. The van der Waals surface area contributed by atoms with Crippen LogP contribution in [0.4, 0.5) is 4.79 Å². The highest BCUT2D eigenvalue weighted by Crippen LogP contribution is 2.33. The largest absolute Gasteiger partial charge is 0.444 e. The average Bonchev–Trinajstić information content (AvgIpc) is 2.06. The van der Waals surface area contributed by atoms with Crippen molar-refractivity contribution in [1.82, 2.24) is 4.90 Å². The number of carbonyl (C=O) groups is 1. The molecule has 16 heavy (non-hydrogen) atoms. The lowest BCUT2D eigenvalue weighted by molar-refractivity contribution is 0.0102. The Hall–Kier alpha value is -0.730. The van der Waals surface area contributed by atoms with Crippen LogP contribution in [-0.4, -0.2) is 29.7 Å². The summed E-state index contributed by atoms with van der Waals surface area (Å²) in [7, 11) is 1.86. The van der Waals surface area contributed by atoms with E-state index in [9.17, 15) is 4.79 Å². The summed E-state index contributed by atoms with van der Waals surface area (Å²) in [6, 6.07) is 0.351. The number of rotatable bonds is 3. The first kappa shape index (κ1) is 13.3. The molecular weight excluding hydrogens is 202 g/mol. The molecule has 1 aliphatic rings. The predicted octanol–water partition coefficient (Wildman–Crippen LogP) is 3.43. The maximum atomic E-state index is 11.9. The first-order chi connectivity index (χ1) is 7.35. The molecule has 0 aromatic rings. The standard InChI is InChI=1S/C13H25NO2/c1-6-11(10-8-7-9-10)14(5)12(15)16-13(2,3)4/h10-11H,6-9H2,1-5H3/t11-/m0/s1. The molecule has 3 heteroatoms. The fourth-order valence-electron chi connectivity index (χ4n) is 2.22. The second-order valence-electron chi connectivity index (χ2n) is 5.76. The normalized spacial score (nSPS) is 18.8. The van der Waals surface area contributed by atoms with Gasteiger partial charge in [0.1, 0.15) is 5.60 Å². The second kappa shape index (κ2) is 5.07. The predicted molar refractivity (Wildman–Crippen MR) is 65.4 cm³/mol. The van der Waals surface area contributed by atoms with Gasteiger partial charge in [-0.25, -0.2) is 4.79 Å². The highest BCUT2D eigenvalue weighted by atomic mass is 16.6. The molecular formula is C13H25NO2. The molecule has 0 unspecified atom stereocenters. The van der Waals surface area contributed by atoms with Gasteiger partial charge in [0.2, 0.25) is 0 Å². The molecule has 0 aromatic carbocycles. The van der Waals surface area contributed by atoms with Crippen LogP contribution >= 0.6 is 0 Å². The molecule has 1 rings (SSSR count). The van der Waals surface area contributed by atoms with E-state index in [1.54, 1.807) is 4.90 Å². The average molecular weight is 227 g/mol. The fourth-order valence-corrected chi connectivity index (χ4v) is 2.22. The van der Waals surface area contributed by atoms with Crippen molar-refractivity contribution in [3.63, 3.8) is 0 Å². The van der Waals surface area contributed by atoms with Gasteiger partial charge < -0.3 is 9.64 Å². The molecule has 0 heterocycles. The molecule has 1 aliphatic carbocycles. The van der Waals surface area contributed by atoms with Crippen LogP contribution in [0.5, 0.6) is 0 Å². The Morgan fingerprint density at radius 3 is 2.31 bits per heavy atom. The van der Waals surface area contributed by atoms with Gasteiger partial charge in [0.05, 0.1) is 0 Å². The number of amides is 1. The van der Waals surface area contributed by atoms with Crippen molar-refractivity contribution >= 4 is 6.09 Å². The van der Waals surface area contributed by atoms with E-state index in [1.807, 2.05) is 27.8 Å². The van der Waals surface area contributed by atoms with Gasteiger partial charge >= 0.3 is 6.09 Å². The third-order valence-corrected chi connectivity index (χ3v) is 3.29. The van der Waals surface area contributed by atoms with E-state index < -0.39 is 5.60 Å². The minimum absolute atomic E-state index is 0.189. The lowest BCUT2D eigenvalue weighted by Crippen LogP contribution is -2.45. The molecule has 0 aromatic heterocycles. The third-order valence-electron chi connectivity index (χ3n) is 3.29. The van der Waals surface area contributed by atoms with E-state index >= 15 is 0 Å². The van der Waals surface area contributed by atoms with Crippen molar-refractivity contribution in [2.45, 2.75) is 65.0 Å². The number of hydrogen-bond acceptors (Lipinski definition) is 2. The lowest BCUT2D eigenvalue weighted by atomic mass is 9.78. The van der Waals surface area contributed by atoms with Gasteiger partial charge in [-0.3, -0.25) is 0 Å². The van der Waals surface area contributed by atoms with Gasteiger partial charge in [0, 0.05) is 13.1 Å². The number of carbonyl (C=O) groups excluding carboxylic acids is 1. The van der Waals surface area contributed by atoms with Gasteiger partial charge in [-0.15, -0.1) is 0 Å². The molecule has 1 amide bonds. The zero-order valence-electron chi connectivity index (χ0n) is 11.2. The molecule has 1 atom stereocenters. The Morgan fingerprint density at radius 1 is 1.44 bits per heavy atom. The summed E-state index contributed by atoms with van der Waals surface area (Å²) in [6.45, 7) is 7.86. The minimum Gasteiger partial charge on any atom is -0.444 e. The Bertz CT molecular complexity index is 241. The van der Waals surface area contributed by atoms with Crippen LogP contribution in [0, 0.1) is 5.92 Å². The number of hydrogen-bond donors (Lipinski definition) is 0. The van der Waals surface area contributed by atoms with Crippen LogP contribution in [0.2, 0.25) is 0 Å². The topological polar surface area (TPSA) is 29.5 Å². The smallest absolute Gasteiger partial charge is 0.410 e. The summed E-state index contributed by atoms with van der Waals surface area (Å²) in [5.74, 6) is 0.683. The van der Waals surface area contributed by atoms with Crippen molar-refractivity contribution in [2.24, 2.45) is 5.92 Å². The molecule has 0 spiro atoms. The second-order valence-corrected chi connectivity index (χ2v) is 5.76. The maximum absolute atomic E-state index is 11.9. The van der Waals surface area contributed by atoms with Crippen molar-refractivity contribution in [3.05, 3.63) is 0 Å². The van der Waals surface area contributed by atoms with Gasteiger partial charge in [-0.05, 0) is 46.0 Å². The van der Waals surface area contributed by atoms with Gasteiger partial charge in [0.15, 0.2) is 0 Å². The van der Waals surface area contributed by atoms with Crippen LogP contribution < -0.4 is 0 Å². The summed E-state index contributed by atoms with van der Waals surface area (Å²) in [4.78, 5) is 13.7. The Kier molecular flexibility index (Phi) is 4.22. The SMILES string of the molecule is CC[C@@H](C1CCC1)N(C)C(=O)OC(C)(C)C. The Morgan fingerprint density at radius 2 is 2.00 bits per heavy atom. The monoisotopic (exact) mass is 227 g/mol. The highest BCUT2D eigenvalue weighted by molar-refractivity contribution is 5.68. The highest BCUT2D eigenvalue weighted by Gasteiger charge is 2.32. The molecule has 0 aliphatic heterocycles. The van der Waals surface area contributed by atoms with E-state index in [0.717, 1.165) is 6.42 Å². The van der Waals surface area contributed by atoms with Gasteiger partial charge in [0.25, 0.3) is 0 Å². The summed E-state index contributed by atoms with van der Waals surface area (Å²) in [5, 5.41) is 0. The van der Waals surface area contributed by atoms with Crippen LogP contribution in [-0.2, 0) is 4.74 Å². The van der Waals surface area contributed by atoms with E-state index in [-0.39, 0.29) is 6.09 Å². The van der Waals surface area contributed by atoms with E-state index in [1.165, 1.54) is 19.3 Å². The van der Waals surface area contributed by atoms with Crippen LogP contribution in [0.1, 0.15) is 53.4 Å². The number of nitrogens with zero attached hydrogens (tertiary/aromatic N) is 1. The third kappa shape index (κ3) is 3.39. The zero-order valence-corrected chi connectivity index (χ0v) is 11.2. The Labute approximate surface area is 99.1 Å². The molecule has 0 saturated heterocycles. The first-order valence-electron chi connectivity index (χ1n) is 6.31. The van der Waals surface area contributed by atoms with Crippen LogP contribution in [0.25, 0.3) is 0 Å². The van der Waals surface area contributed by atoms with Crippen molar-refractivity contribution in [3.8, 4) is 0 Å². The minimum atomic E-state index is -0.400. The van der Waals surface area contributed by atoms with Crippen molar-refractivity contribution in [1.29, 1.82) is 0 Å². The molecule has 1 saturated carbocycles. The van der Waals surface area contributed by atoms with E-state index in [0.29, 0.717) is 12.0 Å². The maximum Gasteiger partial charge on any atom is 0.410 e. The van der Waals surface area contributed by atoms with E-state index in [4.69, 9.17) is 4.74 Å². The quantitative estimate of drug-likeness (QED) is 0.739. The molecule has 94 valence electrons. The zero-order chi connectivity index (χ0) is 12.3. The number of ether oxygens (including phenoxy) is 1. The molecule has 0 N–H and O–H groups in total. The van der Waals surface area contributed by atoms with Gasteiger partial charge in [-0.2, -0.15) is 0 Å². The summed E-state index contributed by atoms with van der Waals surface area (Å²) < 4.78 is 5.39. The van der Waals surface area contributed by atoms with Gasteiger partial charge in [-0.1, -0.05) is 13.3 Å². The van der Waals surface area contributed by atoms with Crippen molar-refractivity contribution in [2.75, 3.05) is 7.05 Å². The summed E-state index contributed by atoms with van der Waals surface area (Å²) >= 11 is 0. The lowest BCUT2D eigenvalue weighted by Gasteiger charge is -2.39. The van der Waals surface area contributed by atoms with Crippen LogP contribution in [0.15, 0.2) is 0 Å². The molecule has 3 nitrogen and oxygen atoms in total. The summed E-state index contributed by atoms with van der Waals surface area (Å²) in [6.07, 6.45) is 4.65. The molecule has 0 bridgehead atoms. The Balaban J connectivity index is 2.53.